The van der Waals surface area contributed by atoms with Crippen molar-refractivity contribution in [3.8, 4) is 0 Å². The van der Waals surface area contributed by atoms with Gasteiger partial charge < -0.3 is 19.1 Å². The molecule has 2 aliphatic rings. The Hall–Kier alpha value is -2.31. The summed E-state index contributed by atoms with van der Waals surface area (Å²) in [5, 5.41) is 0. The number of piperazine rings is 1. The van der Waals surface area contributed by atoms with Crippen molar-refractivity contribution in [3.05, 3.63) is 24.2 Å². The summed E-state index contributed by atoms with van der Waals surface area (Å²) in [7, 11) is 0. The van der Waals surface area contributed by atoms with Crippen LogP contribution in [0.1, 0.15) is 43.7 Å². The van der Waals surface area contributed by atoms with Crippen LogP contribution in [-0.2, 0) is 9.59 Å². The first-order chi connectivity index (χ1) is 13.0. The minimum Gasteiger partial charge on any atom is -0.459 e. The minimum absolute atomic E-state index is 0.0135. The zero-order valence-electron chi connectivity index (χ0n) is 16.2. The Morgan fingerprint density at radius 3 is 2.19 bits per heavy atom. The number of hydrogen-bond donors (Lipinski definition) is 0. The van der Waals surface area contributed by atoms with E-state index in [0.29, 0.717) is 57.4 Å². The van der Waals surface area contributed by atoms with E-state index in [-0.39, 0.29) is 23.6 Å². The van der Waals surface area contributed by atoms with Gasteiger partial charge in [0.05, 0.1) is 6.26 Å². The fourth-order valence-electron chi connectivity index (χ4n) is 3.80. The van der Waals surface area contributed by atoms with Gasteiger partial charge in [-0.15, -0.1) is 0 Å². The maximum atomic E-state index is 12.8. The van der Waals surface area contributed by atoms with Gasteiger partial charge in [-0.1, -0.05) is 13.8 Å². The van der Waals surface area contributed by atoms with E-state index in [9.17, 15) is 14.4 Å². The van der Waals surface area contributed by atoms with Gasteiger partial charge in [-0.05, 0) is 30.9 Å². The second-order valence-corrected chi connectivity index (χ2v) is 7.85. The molecule has 0 aliphatic carbocycles. The van der Waals surface area contributed by atoms with Crippen LogP contribution in [-0.4, -0.2) is 71.7 Å². The zero-order chi connectivity index (χ0) is 19.4. The summed E-state index contributed by atoms with van der Waals surface area (Å²) in [5.41, 5.74) is 0. The number of amides is 3. The van der Waals surface area contributed by atoms with Crippen molar-refractivity contribution in [2.45, 2.75) is 33.1 Å². The van der Waals surface area contributed by atoms with Gasteiger partial charge in [-0.2, -0.15) is 0 Å². The lowest BCUT2D eigenvalue weighted by atomic mass is 9.94. The maximum absolute atomic E-state index is 12.8. The van der Waals surface area contributed by atoms with Gasteiger partial charge in [0.15, 0.2) is 5.76 Å². The van der Waals surface area contributed by atoms with Gasteiger partial charge in [-0.3, -0.25) is 14.4 Å². The Kier molecular flexibility index (Phi) is 6.19. The van der Waals surface area contributed by atoms with Crippen LogP contribution in [0.4, 0.5) is 0 Å². The summed E-state index contributed by atoms with van der Waals surface area (Å²) in [4.78, 5) is 42.8. The molecule has 7 nitrogen and oxygen atoms in total. The van der Waals surface area contributed by atoms with Crippen LogP contribution in [0.15, 0.2) is 22.8 Å². The lowest BCUT2D eigenvalue weighted by molar-refractivity contribution is -0.142. The normalized spacial score (nSPS) is 18.9. The summed E-state index contributed by atoms with van der Waals surface area (Å²) >= 11 is 0. The van der Waals surface area contributed by atoms with Gasteiger partial charge in [-0.25, -0.2) is 0 Å². The number of furan rings is 1. The Balaban J connectivity index is 1.45. The number of likely N-dealkylation sites (tertiary alicyclic amines) is 1. The first-order valence-corrected chi connectivity index (χ1v) is 9.85. The Labute approximate surface area is 160 Å². The van der Waals surface area contributed by atoms with Crippen LogP contribution in [0.25, 0.3) is 0 Å². The molecule has 0 radical (unpaired) electrons. The molecule has 2 saturated heterocycles. The average molecular weight is 375 g/mol. The fraction of sp³-hybridized carbons (Fsp3) is 0.650. The number of carbonyl (C=O) groups excluding carboxylic acids is 3. The second-order valence-electron chi connectivity index (χ2n) is 7.85. The Morgan fingerprint density at radius 2 is 1.63 bits per heavy atom. The largest absolute Gasteiger partial charge is 0.459 e. The smallest absolute Gasteiger partial charge is 0.289 e. The standard InChI is InChI=1S/C20H29N3O4/c1-15(2)14-18(24)21-7-5-16(6-8-21)19(25)22-9-11-23(12-10-22)20(26)17-4-3-13-27-17/h3-4,13,15-16H,5-12,14H2,1-2H3. The minimum atomic E-state index is -0.121. The molecule has 0 atom stereocenters. The van der Waals surface area contributed by atoms with Gasteiger partial charge in [0, 0.05) is 51.6 Å². The van der Waals surface area contributed by atoms with Gasteiger partial charge in [0.2, 0.25) is 11.8 Å². The van der Waals surface area contributed by atoms with E-state index in [1.165, 1.54) is 6.26 Å². The van der Waals surface area contributed by atoms with Crippen LogP contribution in [0.3, 0.4) is 0 Å². The molecule has 0 spiro atoms. The summed E-state index contributed by atoms with van der Waals surface area (Å²) < 4.78 is 5.17. The quantitative estimate of drug-likeness (QED) is 0.805. The fourth-order valence-corrected chi connectivity index (χ4v) is 3.80. The SMILES string of the molecule is CC(C)CC(=O)N1CCC(C(=O)N2CCN(C(=O)c3ccco3)CC2)CC1. The highest BCUT2D eigenvalue weighted by atomic mass is 16.3. The molecule has 2 aliphatic heterocycles. The van der Waals surface area contributed by atoms with E-state index in [0.717, 1.165) is 12.8 Å². The average Bonchev–Trinajstić information content (AvgIpc) is 3.21. The van der Waals surface area contributed by atoms with E-state index in [1.54, 1.807) is 17.0 Å². The molecule has 0 saturated carbocycles. The lowest BCUT2D eigenvalue weighted by Gasteiger charge is -2.38. The number of piperidine rings is 1. The predicted octanol–water partition coefficient (Wildman–Crippen LogP) is 1.85. The molecule has 0 aromatic carbocycles. The van der Waals surface area contributed by atoms with E-state index in [1.807, 2.05) is 23.6 Å². The van der Waals surface area contributed by atoms with E-state index in [2.05, 4.69) is 0 Å². The molecule has 2 fully saturated rings. The Bertz CT molecular complexity index is 655. The number of rotatable bonds is 4. The van der Waals surface area contributed by atoms with Crippen LogP contribution < -0.4 is 0 Å². The van der Waals surface area contributed by atoms with Crippen LogP contribution in [0, 0.1) is 11.8 Å². The third-order valence-corrected chi connectivity index (χ3v) is 5.39. The summed E-state index contributed by atoms with van der Waals surface area (Å²) in [6.45, 7) is 7.58. The van der Waals surface area contributed by atoms with Crippen molar-refractivity contribution in [1.82, 2.24) is 14.7 Å². The molecule has 3 rings (SSSR count). The van der Waals surface area contributed by atoms with Crippen LogP contribution in [0.5, 0.6) is 0 Å². The predicted molar refractivity (Wildman–Crippen MR) is 100.0 cm³/mol. The first kappa shape index (κ1) is 19.5. The van der Waals surface area contributed by atoms with Crippen molar-refractivity contribution < 1.29 is 18.8 Å². The summed E-state index contributed by atoms with van der Waals surface area (Å²) in [6.07, 6.45) is 3.53. The molecular weight excluding hydrogens is 346 g/mol. The lowest BCUT2D eigenvalue weighted by Crippen LogP contribution is -2.53. The van der Waals surface area contributed by atoms with E-state index < -0.39 is 0 Å². The third-order valence-electron chi connectivity index (χ3n) is 5.39. The Morgan fingerprint density at radius 1 is 1.00 bits per heavy atom. The monoisotopic (exact) mass is 375 g/mol. The molecule has 3 heterocycles. The van der Waals surface area contributed by atoms with Crippen molar-refractivity contribution in [2.24, 2.45) is 11.8 Å². The topological polar surface area (TPSA) is 74.1 Å². The van der Waals surface area contributed by atoms with Gasteiger partial charge >= 0.3 is 0 Å². The molecule has 0 N–H and O–H groups in total. The molecule has 1 aromatic rings. The van der Waals surface area contributed by atoms with Crippen molar-refractivity contribution >= 4 is 17.7 Å². The highest BCUT2D eigenvalue weighted by molar-refractivity contribution is 5.91. The molecule has 0 unspecified atom stereocenters. The van der Waals surface area contributed by atoms with Crippen molar-refractivity contribution in [3.63, 3.8) is 0 Å². The maximum Gasteiger partial charge on any atom is 0.289 e. The summed E-state index contributed by atoms with van der Waals surface area (Å²) in [5.74, 6) is 0.923. The number of hydrogen-bond acceptors (Lipinski definition) is 4. The molecule has 27 heavy (non-hydrogen) atoms. The molecule has 7 heteroatoms. The van der Waals surface area contributed by atoms with Crippen LogP contribution in [0.2, 0.25) is 0 Å². The summed E-state index contributed by atoms with van der Waals surface area (Å²) in [6, 6.07) is 3.36. The van der Waals surface area contributed by atoms with E-state index >= 15 is 0 Å². The first-order valence-electron chi connectivity index (χ1n) is 9.85. The molecule has 3 amide bonds. The van der Waals surface area contributed by atoms with Crippen molar-refractivity contribution in [2.75, 3.05) is 39.3 Å². The zero-order valence-corrected chi connectivity index (χ0v) is 16.2. The number of nitrogens with zero attached hydrogens (tertiary/aromatic N) is 3. The van der Waals surface area contributed by atoms with Gasteiger partial charge in [0.1, 0.15) is 0 Å². The molecule has 148 valence electrons. The van der Waals surface area contributed by atoms with Crippen LogP contribution >= 0.6 is 0 Å². The highest BCUT2D eigenvalue weighted by Crippen LogP contribution is 2.22. The van der Waals surface area contributed by atoms with E-state index in [4.69, 9.17) is 4.42 Å². The second kappa shape index (κ2) is 8.59. The number of carbonyl (C=O) groups is 3. The van der Waals surface area contributed by atoms with Crippen molar-refractivity contribution in [1.29, 1.82) is 0 Å². The molecule has 1 aromatic heterocycles. The molecular formula is C20H29N3O4. The third kappa shape index (κ3) is 4.70. The molecule has 0 bridgehead atoms. The van der Waals surface area contributed by atoms with Gasteiger partial charge in [0.25, 0.3) is 5.91 Å². The highest BCUT2D eigenvalue weighted by Gasteiger charge is 2.32.